The summed E-state index contributed by atoms with van der Waals surface area (Å²) in [4.78, 5) is 15.2. The summed E-state index contributed by atoms with van der Waals surface area (Å²) in [6, 6.07) is 9.71. The summed E-state index contributed by atoms with van der Waals surface area (Å²) >= 11 is 0. The number of H-pyrrole nitrogens is 1. The van der Waals surface area contributed by atoms with Gasteiger partial charge in [-0.05, 0) is 48.4 Å². The van der Waals surface area contributed by atoms with E-state index in [1.807, 2.05) is 25.3 Å². The molecule has 0 radical (unpaired) electrons. The number of hydrogen-bond donors (Lipinski definition) is 4. The third kappa shape index (κ3) is 2.49. The number of benzene rings is 2. The van der Waals surface area contributed by atoms with Gasteiger partial charge in [0.25, 0.3) is 0 Å². The minimum Gasteiger partial charge on any atom is -0.360 e. The van der Waals surface area contributed by atoms with Crippen LogP contribution in [0.2, 0.25) is 0 Å². The van der Waals surface area contributed by atoms with Gasteiger partial charge in [-0.1, -0.05) is 6.07 Å². The lowest BCUT2D eigenvalue weighted by atomic mass is 9.99. The van der Waals surface area contributed by atoms with Crippen LogP contribution in [0.25, 0.3) is 22.0 Å². The maximum atomic E-state index is 13.5. The maximum Gasteiger partial charge on any atom is 0.221 e. The molecule has 1 amide bonds. The van der Waals surface area contributed by atoms with Gasteiger partial charge in [0.1, 0.15) is 5.82 Å². The molecule has 6 nitrogen and oxygen atoms in total. The van der Waals surface area contributed by atoms with Crippen LogP contribution in [0.5, 0.6) is 0 Å². The molecule has 1 fully saturated rings. The molecule has 146 valence electrons. The smallest absolute Gasteiger partial charge is 0.221 e. The van der Waals surface area contributed by atoms with E-state index in [9.17, 15) is 18.3 Å². The number of carbonyl (C=O) groups is 1. The highest BCUT2D eigenvalue weighted by Crippen LogP contribution is 2.64. The highest BCUT2D eigenvalue weighted by molar-refractivity contribution is 8.22. The van der Waals surface area contributed by atoms with E-state index >= 15 is 0 Å². The molecule has 5 rings (SSSR count). The molecule has 3 heterocycles. The minimum atomic E-state index is -3.15. The molecule has 2 unspecified atom stereocenters. The number of rotatable bonds is 2. The fraction of sp³-hybridized carbons (Fsp3) is 0.250. The summed E-state index contributed by atoms with van der Waals surface area (Å²) < 4.78 is 37.0. The van der Waals surface area contributed by atoms with Crippen molar-refractivity contribution in [2.75, 3.05) is 6.54 Å². The minimum absolute atomic E-state index is 0.0740. The molecule has 1 aromatic heterocycles. The van der Waals surface area contributed by atoms with E-state index in [0.29, 0.717) is 17.0 Å². The van der Waals surface area contributed by atoms with Gasteiger partial charge in [-0.15, -0.1) is 10.8 Å². The van der Waals surface area contributed by atoms with Gasteiger partial charge in [-0.3, -0.25) is 13.9 Å². The first-order valence-electron chi connectivity index (χ1n) is 9.10. The summed E-state index contributed by atoms with van der Waals surface area (Å²) in [6.07, 6.45) is 2.09. The third-order valence-electron chi connectivity index (χ3n) is 5.70. The zero-order valence-corrected chi connectivity index (χ0v) is 16.0. The first kappa shape index (κ1) is 17.7. The highest BCUT2D eigenvalue weighted by Gasteiger charge is 2.46. The van der Waals surface area contributed by atoms with Gasteiger partial charge in [0.2, 0.25) is 5.91 Å². The van der Waals surface area contributed by atoms with Crippen molar-refractivity contribution >= 4 is 27.6 Å². The summed E-state index contributed by atoms with van der Waals surface area (Å²) in [7, 11) is -3.15. The molecule has 3 aromatic rings. The van der Waals surface area contributed by atoms with Gasteiger partial charge in [0.05, 0.1) is 17.0 Å². The number of amides is 1. The molecule has 2 aliphatic rings. The Balaban J connectivity index is 1.58. The van der Waals surface area contributed by atoms with E-state index in [1.165, 1.54) is 12.1 Å². The van der Waals surface area contributed by atoms with Crippen molar-refractivity contribution in [3.05, 3.63) is 54.0 Å². The van der Waals surface area contributed by atoms with Crippen molar-refractivity contribution in [2.45, 2.75) is 30.3 Å². The van der Waals surface area contributed by atoms with E-state index in [-0.39, 0.29) is 30.2 Å². The van der Waals surface area contributed by atoms with Crippen LogP contribution < -0.4 is 5.32 Å². The van der Waals surface area contributed by atoms with Crippen LogP contribution in [0.15, 0.2) is 47.5 Å². The lowest BCUT2D eigenvalue weighted by molar-refractivity contribution is -0.119. The normalized spacial score (nSPS) is 25.1. The fourth-order valence-corrected chi connectivity index (χ4v) is 6.54. The lowest BCUT2D eigenvalue weighted by Gasteiger charge is -2.42. The number of nitrogens with zero attached hydrogens (tertiary/aromatic N) is 1. The monoisotopic (exact) mass is 401 g/mol. The Morgan fingerprint density at radius 2 is 2.04 bits per heavy atom. The second kappa shape index (κ2) is 6.05. The van der Waals surface area contributed by atoms with E-state index < -0.39 is 10.8 Å². The average Bonchev–Trinajstić information content (AvgIpc) is 3.31. The van der Waals surface area contributed by atoms with E-state index in [2.05, 4.69) is 10.3 Å². The number of aromatic nitrogens is 1. The van der Waals surface area contributed by atoms with Gasteiger partial charge in [0.15, 0.2) is 0 Å². The second-order valence-corrected chi connectivity index (χ2v) is 9.26. The first-order valence-corrected chi connectivity index (χ1v) is 10.6. The van der Waals surface area contributed by atoms with Crippen LogP contribution in [0.4, 0.5) is 4.39 Å². The second-order valence-electron chi connectivity index (χ2n) is 7.36. The maximum absolute atomic E-state index is 13.5. The third-order valence-corrected chi connectivity index (χ3v) is 7.87. The van der Waals surface area contributed by atoms with Crippen LogP contribution in [-0.2, 0) is 4.79 Å². The topological polar surface area (TPSA) is 88.6 Å². The van der Waals surface area contributed by atoms with Crippen LogP contribution in [0, 0.1) is 5.82 Å². The number of halogens is 1. The van der Waals surface area contributed by atoms with Gasteiger partial charge in [0, 0.05) is 35.6 Å². The predicted molar refractivity (Wildman–Crippen MR) is 106 cm³/mol. The number of aromatic amines is 1. The van der Waals surface area contributed by atoms with Crippen LogP contribution in [0.3, 0.4) is 0 Å². The molecule has 28 heavy (non-hydrogen) atoms. The van der Waals surface area contributed by atoms with Crippen molar-refractivity contribution in [3.8, 4) is 11.1 Å². The Kier molecular flexibility index (Phi) is 3.82. The van der Waals surface area contributed by atoms with Crippen molar-refractivity contribution in [2.24, 2.45) is 0 Å². The summed E-state index contributed by atoms with van der Waals surface area (Å²) in [5.41, 5.74) is 3.40. The zero-order valence-electron chi connectivity index (χ0n) is 15.1. The summed E-state index contributed by atoms with van der Waals surface area (Å²) in [5.74, 6) is -0.372. The molecule has 2 aromatic carbocycles. The van der Waals surface area contributed by atoms with Gasteiger partial charge < -0.3 is 10.3 Å². The van der Waals surface area contributed by atoms with Crippen molar-refractivity contribution < 1.29 is 18.3 Å². The molecule has 1 saturated heterocycles. The molecule has 0 spiro atoms. The van der Waals surface area contributed by atoms with E-state index in [4.69, 9.17) is 0 Å². The van der Waals surface area contributed by atoms with Gasteiger partial charge in [-0.25, -0.2) is 4.39 Å². The Morgan fingerprint density at radius 3 is 2.79 bits per heavy atom. The molecule has 0 bridgehead atoms. The van der Waals surface area contributed by atoms with E-state index in [1.54, 1.807) is 16.4 Å². The largest absolute Gasteiger partial charge is 0.360 e. The standard InChI is InChI=1S/C20H20FN3O3S/c1-11-16-6-12(17-10-22-18-7-13(21)3-4-15(17)18)2-5-19(16)28(26,27)24(11)14-8-20(25)23-9-14/h2-7,10-11,14,22,26-27H,8-9H2,1H3,(H,23,25). The molecule has 2 aliphatic heterocycles. The number of hydrogen-bond acceptors (Lipinski definition) is 4. The molecule has 8 heteroatoms. The molecule has 4 N–H and O–H groups in total. The van der Waals surface area contributed by atoms with Gasteiger partial charge >= 0.3 is 0 Å². The zero-order chi connectivity index (χ0) is 19.6. The Hall–Kier alpha value is -2.39. The first-order chi connectivity index (χ1) is 13.4. The molecule has 2 atom stereocenters. The Labute approximate surface area is 162 Å². The Morgan fingerprint density at radius 1 is 1.21 bits per heavy atom. The Bertz CT molecular complexity index is 1110. The molecular weight excluding hydrogens is 381 g/mol. The number of fused-ring (bicyclic) bond motifs is 2. The highest BCUT2D eigenvalue weighted by atomic mass is 32.3. The van der Waals surface area contributed by atoms with Crippen LogP contribution >= 0.6 is 10.8 Å². The fourth-order valence-electron chi connectivity index (χ4n) is 4.39. The molecule has 0 aliphatic carbocycles. The number of nitrogens with one attached hydrogen (secondary N) is 2. The van der Waals surface area contributed by atoms with Crippen LogP contribution in [-0.4, -0.2) is 36.9 Å². The van der Waals surface area contributed by atoms with E-state index in [0.717, 1.165) is 22.1 Å². The van der Waals surface area contributed by atoms with Crippen molar-refractivity contribution in [1.82, 2.24) is 14.6 Å². The molecular formula is C20H20FN3O3S. The van der Waals surface area contributed by atoms with Crippen molar-refractivity contribution in [3.63, 3.8) is 0 Å². The predicted octanol–water partition coefficient (Wildman–Crippen LogP) is 4.26. The summed E-state index contributed by atoms with van der Waals surface area (Å²) in [6.45, 7) is 2.34. The quantitative estimate of drug-likeness (QED) is 0.517. The van der Waals surface area contributed by atoms with Gasteiger partial charge in [-0.2, -0.15) is 4.31 Å². The summed E-state index contributed by atoms with van der Waals surface area (Å²) in [5, 5.41) is 3.67. The lowest BCUT2D eigenvalue weighted by Crippen LogP contribution is -2.36. The van der Waals surface area contributed by atoms with Crippen molar-refractivity contribution in [1.29, 1.82) is 0 Å². The number of carbonyl (C=O) groups excluding carboxylic acids is 1. The van der Waals surface area contributed by atoms with Crippen LogP contribution in [0.1, 0.15) is 24.9 Å². The average molecular weight is 401 g/mol. The SMILES string of the molecule is CC1c2cc(-c3c[nH]c4cc(F)ccc34)ccc2S(O)(O)N1C1CNC(=O)C1. The molecule has 0 saturated carbocycles.